The second-order valence-electron chi connectivity index (χ2n) is 9.40. The van der Waals surface area contributed by atoms with Crippen LogP contribution in [0.25, 0.3) is 0 Å². The second kappa shape index (κ2) is 11.8. The highest BCUT2D eigenvalue weighted by atomic mass is 16.5. The Morgan fingerprint density at radius 1 is 0.857 bits per heavy atom. The molecular formula is C27H42O. The Kier molecular flexibility index (Phi) is 9.12. The van der Waals surface area contributed by atoms with Crippen LogP contribution in [-0.2, 0) is 11.3 Å². The van der Waals surface area contributed by atoms with Crippen molar-refractivity contribution in [2.45, 2.75) is 97.0 Å². The third kappa shape index (κ3) is 6.76. The zero-order chi connectivity index (χ0) is 19.6. The molecule has 28 heavy (non-hydrogen) atoms. The first-order valence-corrected chi connectivity index (χ1v) is 12.1. The standard InChI is InChI=1S/C27H42O/c1-3-5-22-6-8-23(9-7-22)10-11-24-12-16-26(17-13-24)27-18-14-25(15-19-27)21-28-20-4-2/h3,5,14-15,18-19,22-24,26H,4,6-13,16-17,20-21H2,1-2H3/b5-3-/t22-,23-,24-,26-. The molecule has 0 amide bonds. The van der Waals surface area contributed by atoms with Crippen LogP contribution in [0, 0.1) is 17.8 Å². The van der Waals surface area contributed by atoms with Gasteiger partial charge in [0.2, 0.25) is 0 Å². The number of ether oxygens (including phenoxy) is 1. The normalized spacial score (nSPS) is 28.6. The quantitative estimate of drug-likeness (QED) is 0.310. The zero-order valence-electron chi connectivity index (χ0n) is 18.4. The summed E-state index contributed by atoms with van der Waals surface area (Å²) >= 11 is 0. The summed E-state index contributed by atoms with van der Waals surface area (Å²) in [6.07, 6.45) is 20.2. The first-order chi connectivity index (χ1) is 13.8. The fourth-order valence-electron chi connectivity index (χ4n) is 5.42. The van der Waals surface area contributed by atoms with Gasteiger partial charge in [-0.1, -0.05) is 56.2 Å². The molecular weight excluding hydrogens is 340 g/mol. The van der Waals surface area contributed by atoms with Crippen molar-refractivity contribution in [1.82, 2.24) is 0 Å². The van der Waals surface area contributed by atoms with E-state index in [1.807, 2.05) is 0 Å². The van der Waals surface area contributed by atoms with Gasteiger partial charge >= 0.3 is 0 Å². The summed E-state index contributed by atoms with van der Waals surface area (Å²) in [5, 5.41) is 0. The van der Waals surface area contributed by atoms with E-state index in [0.717, 1.165) is 43.3 Å². The molecule has 2 fully saturated rings. The minimum absolute atomic E-state index is 0.761. The zero-order valence-corrected chi connectivity index (χ0v) is 18.4. The average Bonchev–Trinajstić information content (AvgIpc) is 2.75. The number of rotatable bonds is 9. The minimum Gasteiger partial charge on any atom is -0.377 e. The van der Waals surface area contributed by atoms with Gasteiger partial charge in [0.05, 0.1) is 6.61 Å². The molecule has 1 aromatic rings. The van der Waals surface area contributed by atoms with Gasteiger partial charge in [-0.25, -0.2) is 0 Å². The number of hydrogen-bond acceptors (Lipinski definition) is 1. The van der Waals surface area contributed by atoms with Crippen molar-refractivity contribution in [3.8, 4) is 0 Å². The maximum atomic E-state index is 5.66. The Bertz CT molecular complexity index is 556. The molecule has 3 rings (SSSR count). The molecule has 0 aliphatic heterocycles. The molecule has 0 atom stereocenters. The maximum absolute atomic E-state index is 5.66. The second-order valence-corrected chi connectivity index (χ2v) is 9.40. The van der Waals surface area contributed by atoms with E-state index < -0.39 is 0 Å². The monoisotopic (exact) mass is 382 g/mol. The first kappa shape index (κ1) is 21.6. The fraction of sp³-hybridized carbons (Fsp3) is 0.704. The van der Waals surface area contributed by atoms with Crippen LogP contribution < -0.4 is 0 Å². The van der Waals surface area contributed by atoms with Crippen molar-refractivity contribution in [2.75, 3.05) is 6.61 Å². The largest absolute Gasteiger partial charge is 0.377 e. The summed E-state index contributed by atoms with van der Waals surface area (Å²) in [7, 11) is 0. The molecule has 2 saturated carbocycles. The Morgan fingerprint density at radius 2 is 1.46 bits per heavy atom. The molecule has 0 spiro atoms. The molecule has 2 aliphatic carbocycles. The van der Waals surface area contributed by atoms with Crippen LogP contribution >= 0.6 is 0 Å². The van der Waals surface area contributed by atoms with Gasteiger partial charge in [0.15, 0.2) is 0 Å². The minimum atomic E-state index is 0.761. The molecule has 0 heterocycles. The van der Waals surface area contributed by atoms with E-state index in [4.69, 9.17) is 4.74 Å². The van der Waals surface area contributed by atoms with Gasteiger partial charge in [-0.3, -0.25) is 0 Å². The van der Waals surface area contributed by atoms with Crippen molar-refractivity contribution in [1.29, 1.82) is 0 Å². The smallest absolute Gasteiger partial charge is 0.0716 e. The number of benzene rings is 1. The van der Waals surface area contributed by atoms with Crippen molar-refractivity contribution < 1.29 is 4.74 Å². The van der Waals surface area contributed by atoms with Crippen molar-refractivity contribution >= 4 is 0 Å². The molecule has 0 N–H and O–H groups in total. The van der Waals surface area contributed by atoms with Gasteiger partial charge in [0.25, 0.3) is 0 Å². The molecule has 1 nitrogen and oxygen atoms in total. The summed E-state index contributed by atoms with van der Waals surface area (Å²) in [6.45, 7) is 5.95. The molecule has 156 valence electrons. The van der Waals surface area contributed by atoms with Gasteiger partial charge in [-0.2, -0.15) is 0 Å². The molecule has 0 saturated heterocycles. The Balaban J connectivity index is 1.34. The van der Waals surface area contributed by atoms with Crippen molar-refractivity contribution in [3.05, 3.63) is 47.5 Å². The van der Waals surface area contributed by atoms with Crippen LogP contribution in [0.2, 0.25) is 0 Å². The lowest BCUT2D eigenvalue weighted by atomic mass is 9.74. The molecule has 0 unspecified atom stereocenters. The average molecular weight is 383 g/mol. The van der Waals surface area contributed by atoms with Gasteiger partial charge in [-0.05, 0) is 99.5 Å². The molecule has 0 bridgehead atoms. The lowest BCUT2D eigenvalue weighted by Crippen LogP contribution is -2.17. The highest BCUT2D eigenvalue weighted by molar-refractivity contribution is 5.25. The van der Waals surface area contributed by atoms with Gasteiger partial charge in [-0.15, -0.1) is 0 Å². The lowest BCUT2D eigenvalue weighted by Gasteiger charge is -2.31. The predicted octanol–water partition coefficient (Wildman–Crippen LogP) is 8.05. The lowest BCUT2D eigenvalue weighted by molar-refractivity contribution is 0.121. The van der Waals surface area contributed by atoms with Crippen LogP contribution in [0.4, 0.5) is 0 Å². The first-order valence-electron chi connectivity index (χ1n) is 12.1. The van der Waals surface area contributed by atoms with E-state index in [-0.39, 0.29) is 0 Å². The maximum Gasteiger partial charge on any atom is 0.0716 e. The predicted molar refractivity (Wildman–Crippen MR) is 121 cm³/mol. The van der Waals surface area contributed by atoms with Gasteiger partial charge < -0.3 is 4.74 Å². The van der Waals surface area contributed by atoms with Crippen LogP contribution in [0.15, 0.2) is 36.4 Å². The van der Waals surface area contributed by atoms with E-state index in [0.29, 0.717) is 0 Å². The summed E-state index contributed by atoms with van der Waals surface area (Å²) in [6, 6.07) is 9.28. The molecule has 2 aliphatic rings. The van der Waals surface area contributed by atoms with E-state index in [2.05, 4.69) is 50.3 Å². The fourth-order valence-corrected chi connectivity index (χ4v) is 5.42. The Hall–Kier alpha value is -1.08. The Morgan fingerprint density at radius 3 is 2.04 bits per heavy atom. The van der Waals surface area contributed by atoms with Crippen molar-refractivity contribution in [2.24, 2.45) is 17.8 Å². The molecule has 0 radical (unpaired) electrons. The summed E-state index contributed by atoms with van der Waals surface area (Å²) in [5.41, 5.74) is 2.87. The number of allylic oxidation sites excluding steroid dienone is 2. The van der Waals surface area contributed by atoms with E-state index >= 15 is 0 Å². The summed E-state index contributed by atoms with van der Waals surface area (Å²) < 4.78 is 5.66. The van der Waals surface area contributed by atoms with Crippen molar-refractivity contribution in [3.63, 3.8) is 0 Å². The third-order valence-electron chi connectivity index (χ3n) is 7.25. The Labute approximate surface area is 174 Å². The highest BCUT2D eigenvalue weighted by Gasteiger charge is 2.24. The van der Waals surface area contributed by atoms with Crippen LogP contribution in [0.5, 0.6) is 0 Å². The van der Waals surface area contributed by atoms with Crippen LogP contribution in [0.1, 0.15) is 102 Å². The van der Waals surface area contributed by atoms with Gasteiger partial charge in [0, 0.05) is 6.61 Å². The number of hydrogen-bond donors (Lipinski definition) is 0. The van der Waals surface area contributed by atoms with E-state index in [1.54, 1.807) is 5.56 Å². The van der Waals surface area contributed by atoms with Crippen LogP contribution in [-0.4, -0.2) is 6.61 Å². The SMILES string of the molecule is C/C=C\[C@H]1CC[C@H](CC[C@H]2CC[C@H](c3ccc(COCCC)cc3)CC2)CC1. The summed E-state index contributed by atoms with van der Waals surface area (Å²) in [4.78, 5) is 0. The highest BCUT2D eigenvalue weighted by Crippen LogP contribution is 2.40. The third-order valence-corrected chi connectivity index (χ3v) is 7.25. The molecule has 1 heteroatoms. The topological polar surface area (TPSA) is 9.23 Å². The summed E-state index contributed by atoms with van der Waals surface area (Å²) in [5.74, 6) is 3.67. The molecule has 0 aromatic heterocycles. The van der Waals surface area contributed by atoms with E-state index in [1.165, 1.54) is 69.8 Å². The molecule has 1 aromatic carbocycles. The van der Waals surface area contributed by atoms with E-state index in [9.17, 15) is 0 Å². The van der Waals surface area contributed by atoms with Gasteiger partial charge in [0.1, 0.15) is 0 Å². The van der Waals surface area contributed by atoms with Crippen LogP contribution in [0.3, 0.4) is 0 Å².